The van der Waals surface area contributed by atoms with Gasteiger partial charge in [-0.2, -0.15) is 5.26 Å². The number of carbonyl (C=O) groups is 1. The summed E-state index contributed by atoms with van der Waals surface area (Å²) in [7, 11) is -3.95. The van der Waals surface area contributed by atoms with Crippen LogP contribution in [0.15, 0.2) is 27.2 Å². The first kappa shape index (κ1) is 16.3. The van der Waals surface area contributed by atoms with E-state index in [9.17, 15) is 13.2 Å². The van der Waals surface area contributed by atoms with Crippen molar-refractivity contribution in [1.82, 2.24) is 5.32 Å². The summed E-state index contributed by atoms with van der Waals surface area (Å²) in [6.45, 7) is 0. The molecule has 0 atom stereocenters. The quantitative estimate of drug-likeness (QED) is 0.637. The Hall–Kier alpha value is -2.11. The summed E-state index contributed by atoms with van der Waals surface area (Å²) in [5.74, 6) is -0.401. The largest absolute Gasteiger partial charge is 0.444 e. The molecule has 1 aromatic heterocycles. The molecule has 1 saturated carbocycles. The molecule has 0 aliphatic heterocycles. The van der Waals surface area contributed by atoms with Gasteiger partial charge in [-0.25, -0.2) is 13.6 Å². The monoisotopic (exact) mass is 323 g/mol. The van der Waals surface area contributed by atoms with Gasteiger partial charge in [-0.3, -0.25) is 4.79 Å². The third kappa shape index (κ3) is 4.19. The Morgan fingerprint density at radius 2 is 2.05 bits per heavy atom. The number of primary sulfonamides is 1. The zero-order valence-corrected chi connectivity index (χ0v) is 12.7. The first-order chi connectivity index (χ1) is 10.4. The standard InChI is InChI=1S/C14H17N3O4S/c15-9-10(14(18)17-11-4-2-1-3-5-11)8-12-6-7-13(21-12)22(16,19)20/h6-8,11H,1-5H2,(H,17,18)(H2,16,19,20). The lowest BCUT2D eigenvalue weighted by Crippen LogP contribution is -2.36. The van der Waals surface area contributed by atoms with Crippen LogP contribution in [0.3, 0.4) is 0 Å². The third-order valence-corrected chi connectivity index (χ3v) is 4.25. The molecule has 1 heterocycles. The first-order valence-corrected chi connectivity index (χ1v) is 8.50. The van der Waals surface area contributed by atoms with E-state index in [0.29, 0.717) is 0 Å². The summed E-state index contributed by atoms with van der Waals surface area (Å²) >= 11 is 0. The second kappa shape index (κ2) is 6.77. The Balaban J connectivity index is 2.11. The van der Waals surface area contributed by atoms with Gasteiger partial charge in [-0.1, -0.05) is 19.3 Å². The number of nitrogens with zero attached hydrogens (tertiary/aromatic N) is 1. The highest BCUT2D eigenvalue weighted by Gasteiger charge is 2.19. The molecule has 0 spiro atoms. The second-order valence-electron chi connectivity index (χ2n) is 5.18. The minimum atomic E-state index is -3.95. The van der Waals surface area contributed by atoms with Crippen LogP contribution in [0.25, 0.3) is 6.08 Å². The summed E-state index contributed by atoms with van der Waals surface area (Å²) in [5.41, 5.74) is -0.138. The smallest absolute Gasteiger partial charge is 0.271 e. The lowest BCUT2D eigenvalue weighted by Gasteiger charge is -2.22. The molecule has 8 heteroatoms. The molecule has 0 radical (unpaired) electrons. The van der Waals surface area contributed by atoms with Gasteiger partial charge in [0.15, 0.2) is 0 Å². The SMILES string of the molecule is N#CC(=Cc1ccc(S(N)(=O)=O)o1)C(=O)NC1CCCCC1. The average Bonchev–Trinajstić information content (AvgIpc) is 2.94. The molecule has 0 bridgehead atoms. The number of amides is 1. The van der Waals surface area contributed by atoms with Gasteiger partial charge in [0, 0.05) is 12.1 Å². The van der Waals surface area contributed by atoms with Crippen LogP contribution in [0.1, 0.15) is 37.9 Å². The number of furan rings is 1. The molecular formula is C14H17N3O4S. The second-order valence-corrected chi connectivity index (χ2v) is 6.67. The van der Waals surface area contributed by atoms with Crippen LogP contribution in [0.5, 0.6) is 0 Å². The van der Waals surface area contributed by atoms with Crippen LogP contribution < -0.4 is 10.5 Å². The summed E-state index contributed by atoms with van der Waals surface area (Å²) in [5, 5.41) is 16.4. The Labute approximate surface area is 128 Å². The number of carbonyl (C=O) groups excluding carboxylic acids is 1. The zero-order valence-electron chi connectivity index (χ0n) is 11.9. The van der Waals surface area contributed by atoms with Crippen LogP contribution >= 0.6 is 0 Å². The van der Waals surface area contributed by atoms with Gasteiger partial charge < -0.3 is 9.73 Å². The Morgan fingerprint density at radius 1 is 1.36 bits per heavy atom. The lowest BCUT2D eigenvalue weighted by atomic mass is 9.95. The summed E-state index contributed by atoms with van der Waals surface area (Å²) in [6.07, 6.45) is 6.29. The molecule has 0 saturated heterocycles. The van der Waals surface area contributed by atoms with Gasteiger partial charge in [0.2, 0.25) is 5.09 Å². The molecule has 0 aromatic carbocycles. The van der Waals surface area contributed by atoms with Crippen molar-refractivity contribution in [2.45, 2.75) is 43.2 Å². The van der Waals surface area contributed by atoms with Gasteiger partial charge in [0.1, 0.15) is 17.4 Å². The van der Waals surface area contributed by atoms with E-state index in [4.69, 9.17) is 14.8 Å². The molecule has 1 fully saturated rings. The highest BCUT2D eigenvalue weighted by molar-refractivity contribution is 7.89. The first-order valence-electron chi connectivity index (χ1n) is 6.95. The predicted molar refractivity (Wildman–Crippen MR) is 78.7 cm³/mol. The van der Waals surface area contributed by atoms with Crippen molar-refractivity contribution in [1.29, 1.82) is 5.26 Å². The van der Waals surface area contributed by atoms with Crippen molar-refractivity contribution in [3.63, 3.8) is 0 Å². The van der Waals surface area contributed by atoms with E-state index in [-0.39, 0.29) is 17.4 Å². The maximum atomic E-state index is 12.1. The van der Waals surface area contributed by atoms with Crippen molar-refractivity contribution in [2.75, 3.05) is 0 Å². The van der Waals surface area contributed by atoms with Crippen molar-refractivity contribution in [3.8, 4) is 6.07 Å². The number of nitriles is 1. The van der Waals surface area contributed by atoms with E-state index in [1.165, 1.54) is 18.2 Å². The normalized spacial score (nSPS) is 17.0. The van der Waals surface area contributed by atoms with Crippen LogP contribution in [0.4, 0.5) is 0 Å². The van der Waals surface area contributed by atoms with Gasteiger partial charge in [-0.05, 0) is 25.0 Å². The minimum Gasteiger partial charge on any atom is -0.444 e. The van der Waals surface area contributed by atoms with Crippen LogP contribution in [0, 0.1) is 11.3 Å². The molecule has 22 heavy (non-hydrogen) atoms. The lowest BCUT2D eigenvalue weighted by molar-refractivity contribution is -0.117. The predicted octanol–water partition coefficient (Wildman–Crippen LogP) is 1.28. The van der Waals surface area contributed by atoms with Gasteiger partial charge in [0.25, 0.3) is 15.9 Å². The van der Waals surface area contributed by atoms with Crippen LogP contribution in [-0.2, 0) is 14.8 Å². The van der Waals surface area contributed by atoms with Crippen molar-refractivity contribution < 1.29 is 17.6 Å². The molecule has 118 valence electrons. The average molecular weight is 323 g/mol. The fourth-order valence-electron chi connectivity index (χ4n) is 2.37. The van der Waals surface area contributed by atoms with E-state index in [0.717, 1.165) is 32.1 Å². The van der Waals surface area contributed by atoms with E-state index in [1.54, 1.807) is 6.07 Å². The Kier molecular flexibility index (Phi) is 5.00. The topological polar surface area (TPSA) is 126 Å². The van der Waals surface area contributed by atoms with Crippen molar-refractivity contribution in [3.05, 3.63) is 23.5 Å². The van der Waals surface area contributed by atoms with Gasteiger partial charge in [-0.15, -0.1) is 0 Å². The molecule has 1 aromatic rings. The Morgan fingerprint density at radius 3 is 2.59 bits per heavy atom. The summed E-state index contributed by atoms with van der Waals surface area (Å²) in [4.78, 5) is 12.1. The molecule has 1 amide bonds. The zero-order chi connectivity index (χ0) is 16.2. The molecular weight excluding hydrogens is 306 g/mol. The maximum absolute atomic E-state index is 12.1. The number of rotatable bonds is 4. The Bertz CT molecular complexity index is 722. The minimum absolute atomic E-state index is 0.0783. The van der Waals surface area contributed by atoms with E-state index < -0.39 is 21.0 Å². The van der Waals surface area contributed by atoms with E-state index in [2.05, 4.69) is 5.32 Å². The highest BCUT2D eigenvalue weighted by Crippen LogP contribution is 2.19. The highest BCUT2D eigenvalue weighted by atomic mass is 32.2. The maximum Gasteiger partial charge on any atom is 0.271 e. The van der Waals surface area contributed by atoms with E-state index >= 15 is 0 Å². The fourth-order valence-corrected chi connectivity index (χ4v) is 2.84. The molecule has 0 unspecified atom stereocenters. The van der Waals surface area contributed by atoms with E-state index in [1.807, 2.05) is 0 Å². The number of nitrogens with one attached hydrogen (secondary N) is 1. The number of hydrogen-bond donors (Lipinski definition) is 2. The summed E-state index contributed by atoms with van der Waals surface area (Å²) < 4.78 is 27.2. The molecule has 7 nitrogen and oxygen atoms in total. The van der Waals surface area contributed by atoms with Crippen LogP contribution in [0.2, 0.25) is 0 Å². The van der Waals surface area contributed by atoms with Gasteiger partial charge in [0.05, 0.1) is 0 Å². The molecule has 1 aliphatic rings. The van der Waals surface area contributed by atoms with Gasteiger partial charge >= 0.3 is 0 Å². The van der Waals surface area contributed by atoms with Crippen LogP contribution in [-0.4, -0.2) is 20.4 Å². The van der Waals surface area contributed by atoms with Crippen molar-refractivity contribution in [2.24, 2.45) is 5.14 Å². The molecule has 3 N–H and O–H groups in total. The third-order valence-electron chi connectivity index (χ3n) is 3.47. The molecule has 2 rings (SSSR count). The number of hydrogen-bond acceptors (Lipinski definition) is 5. The van der Waals surface area contributed by atoms with Crippen molar-refractivity contribution >= 4 is 22.0 Å². The molecule has 1 aliphatic carbocycles. The summed E-state index contributed by atoms with van der Waals surface area (Å²) in [6, 6.07) is 4.39. The fraction of sp³-hybridized carbons (Fsp3) is 0.429. The number of nitrogens with two attached hydrogens (primary N) is 1. The number of sulfonamides is 1.